The third-order valence-corrected chi connectivity index (χ3v) is 6.43. The number of hydrogen-bond donors (Lipinski definition) is 3. The SMILES string of the molecule is CNC(=O)C(=O)N[C@H](C)CC1CCC2(CC1)OC(=O)NN=C2c1cc(C#N)ccc1Br. The number of carbonyl (C=O) groups is 3. The summed E-state index contributed by atoms with van der Waals surface area (Å²) in [7, 11) is 1.41. The molecule has 1 aliphatic heterocycles. The molecule has 9 nitrogen and oxygen atoms in total. The third kappa shape index (κ3) is 5.05. The van der Waals surface area contributed by atoms with E-state index in [1.807, 2.05) is 6.92 Å². The molecular formula is C21H24BrN5O4. The first-order valence-corrected chi connectivity index (χ1v) is 10.9. The van der Waals surface area contributed by atoms with Crippen LogP contribution < -0.4 is 16.1 Å². The van der Waals surface area contributed by atoms with Gasteiger partial charge in [0.25, 0.3) is 0 Å². The number of amides is 3. The number of likely N-dealkylation sites (N-methyl/N-ethyl adjacent to an activating group) is 1. The number of hydrogen-bond acceptors (Lipinski definition) is 6. The molecule has 3 rings (SSSR count). The number of carbonyl (C=O) groups excluding carboxylic acids is 3. The Kier molecular flexibility index (Phi) is 6.95. The minimum Gasteiger partial charge on any atom is -0.435 e. The molecule has 164 valence electrons. The lowest BCUT2D eigenvalue weighted by Gasteiger charge is -2.42. The predicted octanol–water partition coefficient (Wildman–Crippen LogP) is 2.33. The van der Waals surface area contributed by atoms with Crippen molar-refractivity contribution in [3.63, 3.8) is 0 Å². The van der Waals surface area contributed by atoms with Gasteiger partial charge < -0.3 is 15.4 Å². The van der Waals surface area contributed by atoms with E-state index < -0.39 is 23.5 Å². The van der Waals surface area contributed by atoms with E-state index in [1.165, 1.54) is 7.05 Å². The summed E-state index contributed by atoms with van der Waals surface area (Å²) in [5.74, 6) is -1.01. The minimum absolute atomic E-state index is 0.158. The molecule has 3 amide bonds. The van der Waals surface area contributed by atoms with Gasteiger partial charge in [-0.3, -0.25) is 9.59 Å². The monoisotopic (exact) mass is 489 g/mol. The molecule has 2 aliphatic rings. The molecule has 1 aromatic carbocycles. The van der Waals surface area contributed by atoms with Gasteiger partial charge in [0.05, 0.1) is 11.6 Å². The lowest BCUT2D eigenvalue weighted by atomic mass is 9.72. The molecule has 1 aromatic rings. The van der Waals surface area contributed by atoms with Crippen LogP contribution in [-0.4, -0.2) is 42.3 Å². The summed E-state index contributed by atoms with van der Waals surface area (Å²) in [6.45, 7) is 1.87. The Morgan fingerprint density at radius 1 is 1.39 bits per heavy atom. The number of nitriles is 1. The van der Waals surface area contributed by atoms with E-state index in [0.29, 0.717) is 42.0 Å². The highest BCUT2D eigenvalue weighted by molar-refractivity contribution is 9.10. The van der Waals surface area contributed by atoms with Crippen LogP contribution >= 0.6 is 15.9 Å². The molecule has 0 unspecified atom stereocenters. The molecule has 0 aromatic heterocycles. The van der Waals surface area contributed by atoms with Crippen molar-refractivity contribution < 1.29 is 19.1 Å². The molecular weight excluding hydrogens is 466 g/mol. The van der Waals surface area contributed by atoms with Gasteiger partial charge in [-0.15, -0.1) is 0 Å². The van der Waals surface area contributed by atoms with Crippen molar-refractivity contribution in [1.82, 2.24) is 16.1 Å². The van der Waals surface area contributed by atoms with Gasteiger partial charge in [-0.1, -0.05) is 15.9 Å². The molecule has 1 heterocycles. The molecule has 1 saturated carbocycles. The lowest BCUT2D eigenvalue weighted by Crippen LogP contribution is -2.52. The van der Waals surface area contributed by atoms with E-state index in [1.54, 1.807) is 18.2 Å². The maximum absolute atomic E-state index is 12.0. The predicted molar refractivity (Wildman–Crippen MR) is 116 cm³/mol. The van der Waals surface area contributed by atoms with Crippen LogP contribution in [0.25, 0.3) is 0 Å². The van der Waals surface area contributed by atoms with E-state index in [2.05, 4.69) is 43.2 Å². The molecule has 1 atom stereocenters. The molecule has 1 aliphatic carbocycles. The molecule has 10 heteroatoms. The van der Waals surface area contributed by atoms with E-state index in [9.17, 15) is 19.6 Å². The van der Waals surface area contributed by atoms with Crippen LogP contribution in [0.15, 0.2) is 27.8 Å². The second-order valence-corrected chi connectivity index (χ2v) is 8.75. The molecule has 0 radical (unpaired) electrons. The molecule has 0 saturated heterocycles. The zero-order chi connectivity index (χ0) is 22.6. The quantitative estimate of drug-likeness (QED) is 0.558. The summed E-state index contributed by atoms with van der Waals surface area (Å²) in [5.41, 5.74) is 3.31. The fraction of sp³-hybridized carbons (Fsp3) is 0.476. The third-order valence-electron chi connectivity index (χ3n) is 5.74. The van der Waals surface area contributed by atoms with E-state index in [0.717, 1.165) is 17.3 Å². The summed E-state index contributed by atoms with van der Waals surface area (Å²) >= 11 is 3.51. The first-order valence-electron chi connectivity index (χ1n) is 10.1. The molecule has 3 N–H and O–H groups in total. The topological polar surface area (TPSA) is 133 Å². The van der Waals surface area contributed by atoms with Crippen molar-refractivity contribution in [3.05, 3.63) is 33.8 Å². The van der Waals surface area contributed by atoms with Crippen LogP contribution in [0.1, 0.15) is 50.2 Å². The minimum atomic E-state index is -0.871. The van der Waals surface area contributed by atoms with Crippen molar-refractivity contribution >= 4 is 39.5 Å². The van der Waals surface area contributed by atoms with Crippen LogP contribution in [0.3, 0.4) is 0 Å². The van der Waals surface area contributed by atoms with Crippen LogP contribution in [0.2, 0.25) is 0 Å². The van der Waals surface area contributed by atoms with Crippen molar-refractivity contribution in [2.75, 3.05) is 7.05 Å². The molecule has 0 bridgehead atoms. The Labute approximate surface area is 188 Å². The van der Waals surface area contributed by atoms with Gasteiger partial charge in [0.15, 0.2) is 5.60 Å². The number of ether oxygens (including phenoxy) is 1. The van der Waals surface area contributed by atoms with Crippen molar-refractivity contribution in [2.45, 2.75) is 50.7 Å². The average molecular weight is 490 g/mol. The van der Waals surface area contributed by atoms with Gasteiger partial charge in [-0.2, -0.15) is 10.4 Å². The second kappa shape index (κ2) is 9.47. The summed E-state index contributed by atoms with van der Waals surface area (Å²) in [6.07, 6.45) is 2.79. The van der Waals surface area contributed by atoms with Gasteiger partial charge in [0, 0.05) is 23.1 Å². The lowest BCUT2D eigenvalue weighted by molar-refractivity contribution is -0.139. The Balaban J connectivity index is 1.73. The fourth-order valence-corrected chi connectivity index (χ4v) is 4.65. The van der Waals surface area contributed by atoms with Crippen LogP contribution in [0.5, 0.6) is 0 Å². The zero-order valence-electron chi connectivity index (χ0n) is 17.3. The summed E-state index contributed by atoms with van der Waals surface area (Å²) in [4.78, 5) is 35.2. The largest absolute Gasteiger partial charge is 0.435 e. The maximum Gasteiger partial charge on any atom is 0.428 e. The first kappa shape index (κ1) is 22.7. The average Bonchev–Trinajstić information content (AvgIpc) is 2.75. The van der Waals surface area contributed by atoms with E-state index in [-0.39, 0.29) is 6.04 Å². The maximum atomic E-state index is 12.0. The highest BCUT2D eigenvalue weighted by Gasteiger charge is 2.46. The number of halogens is 1. The highest BCUT2D eigenvalue weighted by Crippen LogP contribution is 2.41. The van der Waals surface area contributed by atoms with E-state index >= 15 is 0 Å². The van der Waals surface area contributed by atoms with Gasteiger partial charge in [-0.25, -0.2) is 10.2 Å². The standard InChI is InChI=1S/C21H24BrN5O4/c1-12(25-19(29)18(28)24-2)9-13-5-7-21(8-6-13)17(26-27-20(30)31-21)15-10-14(11-23)3-4-16(15)22/h3-4,10,12-13H,5-9H2,1-2H3,(H,24,28)(H,25,29)(H,27,30)/t12-,13?,21?/m1/s1. The summed E-state index contributed by atoms with van der Waals surface area (Å²) in [5, 5.41) is 18.6. The van der Waals surface area contributed by atoms with Crippen molar-refractivity contribution in [2.24, 2.45) is 11.0 Å². The van der Waals surface area contributed by atoms with Crippen molar-refractivity contribution in [1.29, 1.82) is 5.26 Å². The van der Waals surface area contributed by atoms with Crippen LogP contribution in [-0.2, 0) is 14.3 Å². The van der Waals surface area contributed by atoms with Crippen LogP contribution in [0.4, 0.5) is 4.79 Å². The Bertz CT molecular complexity index is 963. The fourth-order valence-electron chi connectivity index (χ4n) is 4.21. The Morgan fingerprint density at radius 2 is 2.10 bits per heavy atom. The summed E-state index contributed by atoms with van der Waals surface area (Å²) in [6, 6.07) is 7.18. The smallest absolute Gasteiger partial charge is 0.428 e. The van der Waals surface area contributed by atoms with Gasteiger partial charge in [-0.05, 0) is 63.1 Å². The zero-order valence-corrected chi connectivity index (χ0v) is 18.9. The van der Waals surface area contributed by atoms with Crippen molar-refractivity contribution in [3.8, 4) is 6.07 Å². The molecule has 1 spiro atoms. The molecule has 1 fully saturated rings. The van der Waals surface area contributed by atoms with Gasteiger partial charge in [0.2, 0.25) is 0 Å². The number of nitrogens with one attached hydrogen (secondary N) is 3. The normalized spacial score (nSPS) is 23.6. The number of hydrazone groups is 1. The van der Waals surface area contributed by atoms with Crippen LogP contribution in [0, 0.1) is 17.2 Å². The Morgan fingerprint density at radius 3 is 2.74 bits per heavy atom. The second-order valence-electron chi connectivity index (χ2n) is 7.90. The van der Waals surface area contributed by atoms with Gasteiger partial charge >= 0.3 is 17.9 Å². The first-order chi connectivity index (χ1) is 14.8. The van der Waals surface area contributed by atoms with E-state index in [4.69, 9.17) is 4.74 Å². The Hall–Kier alpha value is -2.93. The summed E-state index contributed by atoms with van der Waals surface area (Å²) < 4.78 is 6.53. The number of benzene rings is 1. The highest BCUT2D eigenvalue weighted by atomic mass is 79.9. The number of rotatable bonds is 4. The van der Waals surface area contributed by atoms with Gasteiger partial charge in [0.1, 0.15) is 5.71 Å². The molecule has 31 heavy (non-hydrogen) atoms. The number of nitrogens with zero attached hydrogens (tertiary/aromatic N) is 2.